The summed E-state index contributed by atoms with van der Waals surface area (Å²) in [6.45, 7) is 7.02. The molecule has 2 aromatic carbocycles. The lowest BCUT2D eigenvalue weighted by molar-refractivity contribution is -0.132. The molecule has 254 valence electrons. The van der Waals surface area contributed by atoms with Crippen LogP contribution in [0.2, 0.25) is 0 Å². The number of carbonyl (C=O) groups excluding carboxylic acids is 4. The molecule has 2 rings (SSSR count). The molecule has 0 radical (unpaired) electrons. The molecule has 0 spiro atoms. The molecule has 46 heavy (non-hydrogen) atoms. The number of aliphatic hydroxyl groups excluding tert-OH is 1. The molecule has 14 heteroatoms. The summed E-state index contributed by atoms with van der Waals surface area (Å²) in [6.07, 6.45) is -3.73. The molecular formula is C32H44F2N4O8. The maximum Gasteiger partial charge on any atom is 0.407 e. The SMILES string of the molecule is CCOC(=O)NC(CC(=O)NCC(C)(C)CNC(=O)C(O)C(COCc1ccccc1)NC(=O)OCC)Cc1cc(F)ccc1F. The first-order valence-electron chi connectivity index (χ1n) is 15.0. The van der Waals surface area contributed by atoms with Crippen LogP contribution in [0, 0.1) is 17.0 Å². The van der Waals surface area contributed by atoms with Crippen molar-refractivity contribution in [1.29, 1.82) is 0 Å². The number of rotatable bonds is 18. The Morgan fingerprint density at radius 1 is 0.891 bits per heavy atom. The molecule has 0 saturated carbocycles. The van der Waals surface area contributed by atoms with E-state index in [-0.39, 0.29) is 57.9 Å². The Labute approximate surface area is 267 Å². The third-order valence-electron chi connectivity index (χ3n) is 6.65. The number of nitrogens with one attached hydrogen (secondary N) is 4. The summed E-state index contributed by atoms with van der Waals surface area (Å²) < 4.78 is 43.3. The minimum atomic E-state index is -1.68. The normalized spacial score (nSPS) is 13.1. The average molecular weight is 651 g/mol. The van der Waals surface area contributed by atoms with E-state index in [2.05, 4.69) is 21.3 Å². The predicted octanol–water partition coefficient (Wildman–Crippen LogP) is 2.96. The highest BCUT2D eigenvalue weighted by Gasteiger charge is 2.30. The van der Waals surface area contributed by atoms with E-state index in [1.165, 1.54) is 0 Å². The van der Waals surface area contributed by atoms with Crippen LogP contribution in [0.5, 0.6) is 0 Å². The summed E-state index contributed by atoms with van der Waals surface area (Å²) in [5, 5.41) is 21.0. The Hall–Kier alpha value is -4.30. The zero-order chi connectivity index (χ0) is 34.1. The molecule has 0 aliphatic rings. The van der Waals surface area contributed by atoms with Gasteiger partial charge >= 0.3 is 12.2 Å². The van der Waals surface area contributed by atoms with E-state index in [0.29, 0.717) is 0 Å². The van der Waals surface area contributed by atoms with Crippen molar-refractivity contribution < 1.29 is 47.3 Å². The topological polar surface area (TPSA) is 164 Å². The zero-order valence-corrected chi connectivity index (χ0v) is 26.6. The second-order valence-electron chi connectivity index (χ2n) is 11.3. The average Bonchev–Trinajstić information content (AvgIpc) is 3.00. The summed E-state index contributed by atoms with van der Waals surface area (Å²) in [4.78, 5) is 49.7. The van der Waals surface area contributed by atoms with Crippen LogP contribution in [-0.2, 0) is 36.8 Å². The number of hydrogen-bond donors (Lipinski definition) is 5. The Balaban J connectivity index is 1.94. The molecule has 12 nitrogen and oxygen atoms in total. The van der Waals surface area contributed by atoms with Gasteiger partial charge in [-0.3, -0.25) is 9.59 Å². The highest BCUT2D eigenvalue weighted by Crippen LogP contribution is 2.15. The van der Waals surface area contributed by atoms with Gasteiger partial charge in [-0.15, -0.1) is 0 Å². The molecule has 0 bridgehead atoms. The maximum atomic E-state index is 14.2. The highest BCUT2D eigenvalue weighted by atomic mass is 19.1. The summed E-state index contributed by atoms with van der Waals surface area (Å²) in [5.74, 6) is -2.61. The number of ether oxygens (including phenoxy) is 3. The Morgan fingerprint density at radius 2 is 1.52 bits per heavy atom. The van der Waals surface area contributed by atoms with Gasteiger partial charge in [-0.1, -0.05) is 44.2 Å². The fourth-order valence-electron chi connectivity index (χ4n) is 4.20. The minimum Gasteiger partial charge on any atom is -0.450 e. The number of hydrogen-bond acceptors (Lipinski definition) is 8. The maximum absolute atomic E-state index is 14.2. The molecule has 2 aromatic rings. The van der Waals surface area contributed by atoms with Crippen molar-refractivity contribution in [3.63, 3.8) is 0 Å². The molecule has 0 aliphatic carbocycles. The summed E-state index contributed by atoms with van der Waals surface area (Å²) >= 11 is 0. The first-order chi connectivity index (χ1) is 21.8. The first kappa shape index (κ1) is 37.9. The van der Waals surface area contributed by atoms with Crippen LogP contribution in [0.15, 0.2) is 48.5 Å². The van der Waals surface area contributed by atoms with Crippen molar-refractivity contribution in [3.8, 4) is 0 Å². The fourth-order valence-corrected chi connectivity index (χ4v) is 4.20. The summed E-state index contributed by atoms with van der Waals surface area (Å²) in [7, 11) is 0. The van der Waals surface area contributed by atoms with Gasteiger partial charge in [0.05, 0.1) is 32.5 Å². The molecule has 0 saturated heterocycles. The number of carbonyl (C=O) groups is 4. The van der Waals surface area contributed by atoms with E-state index in [9.17, 15) is 33.1 Å². The van der Waals surface area contributed by atoms with Gasteiger partial charge < -0.3 is 40.6 Å². The molecule has 3 unspecified atom stereocenters. The van der Waals surface area contributed by atoms with Gasteiger partial charge in [0, 0.05) is 25.6 Å². The van der Waals surface area contributed by atoms with Crippen molar-refractivity contribution in [1.82, 2.24) is 21.3 Å². The lowest BCUT2D eigenvalue weighted by Crippen LogP contribution is -2.54. The van der Waals surface area contributed by atoms with E-state index >= 15 is 0 Å². The second kappa shape index (κ2) is 19.3. The van der Waals surface area contributed by atoms with Crippen molar-refractivity contribution in [3.05, 3.63) is 71.3 Å². The van der Waals surface area contributed by atoms with E-state index in [4.69, 9.17) is 14.2 Å². The van der Waals surface area contributed by atoms with Gasteiger partial charge in [-0.05, 0) is 55.0 Å². The van der Waals surface area contributed by atoms with Gasteiger partial charge in [0.1, 0.15) is 11.6 Å². The predicted molar refractivity (Wildman–Crippen MR) is 164 cm³/mol. The van der Waals surface area contributed by atoms with Crippen molar-refractivity contribution >= 4 is 24.0 Å². The number of aliphatic hydroxyl groups is 1. The Kier molecular flexibility index (Phi) is 15.9. The van der Waals surface area contributed by atoms with E-state index in [1.54, 1.807) is 27.7 Å². The number of halogens is 2. The molecule has 0 aromatic heterocycles. The Morgan fingerprint density at radius 3 is 2.17 bits per heavy atom. The summed E-state index contributed by atoms with van der Waals surface area (Å²) in [5.41, 5.74) is 0.138. The molecule has 0 aliphatic heterocycles. The first-order valence-corrected chi connectivity index (χ1v) is 15.0. The van der Waals surface area contributed by atoms with Gasteiger partial charge in [-0.2, -0.15) is 0 Å². The zero-order valence-electron chi connectivity index (χ0n) is 26.6. The highest BCUT2D eigenvalue weighted by molar-refractivity contribution is 5.82. The quantitative estimate of drug-likeness (QED) is 0.164. The van der Waals surface area contributed by atoms with Crippen molar-refractivity contribution in [2.45, 2.75) is 65.3 Å². The van der Waals surface area contributed by atoms with Crippen LogP contribution in [0.1, 0.15) is 45.2 Å². The monoisotopic (exact) mass is 650 g/mol. The van der Waals surface area contributed by atoms with Crippen molar-refractivity contribution in [2.75, 3.05) is 32.9 Å². The van der Waals surface area contributed by atoms with Gasteiger partial charge in [0.25, 0.3) is 5.91 Å². The molecule has 3 atom stereocenters. The van der Waals surface area contributed by atoms with Crippen LogP contribution in [0.3, 0.4) is 0 Å². The lowest BCUT2D eigenvalue weighted by atomic mass is 9.93. The third-order valence-corrected chi connectivity index (χ3v) is 6.65. The second-order valence-corrected chi connectivity index (χ2v) is 11.3. The third kappa shape index (κ3) is 14.2. The minimum absolute atomic E-state index is 0.0163. The number of alkyl carbamates (subject to hydrolysis) is 2. The molecule has 5 N–H and O–H groups in total. The van der Waals surface area contributed by atoms with Crippen LogP contribution in [-0.4, -0.2) is 80.2 Å². The fraction of sp³-hybridized carbons (Fsp3) is 0.500. The lowest BCUT2D eigenvalue weighted by Gasteiger charge is -2.28. The Bertz CT molecular complexity index is 1280. The largest absolute Gasteiger partial charge is 0.450 e. The number of benzene rings is 2. The van der Waals surface area contributed by atoms with Crippen LogP contribution in [0.4, 0.5) is 18.4 Å². The van der Waals surface area contributed by atoms with Gasteiger partial charge in [-0.25, -0.2) is 18.4 Å². The van der Waals surface area contributed by atoms with Gasteiger partial charge in [0.2, 0.25) is 5.91 Å². The molecule has 0 heterocycles. The van der Waals surface area contributed by atoms with E-state index in [0.717, 1.165) is 23.8 Å². The standard InChI is InChI=1S/C32H44F2N4O8/c1-5-45-30(42)37-24(15-22-14-23(33)12-13-25(22)34)16-27(39)35-19-32(3,4)20-36-29(41)28(40)26(38-31(43)46-6-2)18-44-17-21-10-8-7-9-11-21/h7-14,24,26,28,40H,5-6,15-20H2,1-4H3,(H,35,39)(H,36,41)(H,37,42)(H,38,43). The van der Waals surface area contributed by atoms with Crippen LogP contribution in [0.25, 0.3) is 0 Å². The molecule has 0 fully saturated rings. The summed E-state index contributed by atoms with van der Waals surface area (Å²) in [6, 6.07) is 10.1. The molecule has 4 amide bonds. The van der Waals surface area contributed by atoms with E-state index < -0.39 is 59.2 Å². The van der Waals surface area contributed by atoms with Crippen LogP contribution >= 0.6 is 0 Å². The van der Waals surface area contributed by atoms with E-state index in [1.807, 2.05) is 30.3 Å². The number of amides is 4. The molecular weight excluding hydrogens is 606 g/mol. The van der Waals surface area contributed by atoms with Crippen LogP contribution < -0.4 is 21.3 Å². The van der Waals surface area contributed by atoms with Gasteiger partial charge in [0.15, 0.2) is 6.10 Å². The van der Waals surface area contributed by atoms with Crippen molar-refractivity contribution in [2.24, 2.45) is 5.41 Å². The smallest absolute Gasteiger partial charge is 0.407 e.